The molecular formula is C18H17N3O5S. The van der Waals surface area contributed by atoms with E-state index in [0.717, 1.165) is 30.9 Å². The van der Waals surface area contributed by atoms with Gasteiger partial charge in [0.1, 0.15) is 0 Å². The molecule has 0 spiro atoms. The topological polar surface area (TPSA) is 110 Å². The molecule has 9 heteroatoms. The molecule has 8 nitrogen and oxygen atoms in total. The van der Waals surface area contributed by atoms with E-state index >= 15 is 0 Å². The van der Waals surface area contributed by atoms with Crippen LogP contribution in [0.25, 0.3) is 0 Å². The fraction of sp³-hybridized carbons (Fsp3) is 0.278. The summed E-state index contributed by atoms with van der Waals surface area (Å²) < 4.78 is 27.7. The minimum atomic E-state index is -4.14. The maximum Gasteiger partial charge on any atom is 0.289 e. The van der Waals surface area contributed by atoms with Gasteiger partial charge in [0.15, 0.2) is 4.90 Å². The molecule has 2 aromatic rings. The van der Waals surface area contributed by atoms with Gasteiger partial charge in [0, 0.05) is 24.2 Å². The molecule has 1 fully saturated rings. The standard InChI is InChI=1S/C18H17N3O5S/c22-18(13-5-6-13)20-10-9-12-7-8-14(11-16(12)20)19-27(25,26)17-4-2-1-3-15(17)21(23)24/h1-4,7-8,11,13,19H,5-6,9-10H2. The number of nitrogens with zero attached hydrogens (tertiary/aromatic N) is 2. The summed E-state index contributed by atoms with van der Waals surface area (Å²) >= 11 is 0. The molecule has 0 atom stereocenters. The molecule has 2 aliphatic rings. The van der Waals surface area contributed by atoms with E-state index in [1.54, 1.807) is 23.1 Å². The molecule has 0 aromatic heterocycles. The molecule has 2 aromatic carbocycles. The Morgan fingerprint density at radius 3 is 2.63 bits per heavy atom. The van der Waals surface area contributed by atoms with E-state index in [0.29, 0.717) is 12.2 Å². The Hall–Kier alpha value is -2.94. The summed E-state index contributed by atoms with van der Waals surface area (Å²) in [6, 6.07) is 10.2. The van der Waals surface area contributed by atoms with Gasteiger partial charge in [-0.1, -0.05) is 18.2 Å². The third-order valence-corrected chi connectivity index (χ3v) is 6.21. The van der Waals surface area contributed by atoms with E-state index in [9.17, 15) is 23.3 Å². The molecule has 1 aliphatic heterocycles. The molecule has 1 N–H and O–H groups in total. The summed E-state index contributed by atoms with van der Waals surface area (Å²) in [5, 5.41) is 11.1. The fourth-order valence-electron chi connectivity index (χ4n) is 3.27. The van der Waals surface area contributed by atoms with Crippen LogP contribution in [0.5, 0.6) is 0 Å². The minimum Gasteiger partial charge on any atom is -0.312 e. The number of benzene rings is 2. The van der Waals surface area contributed by atoms with Crippen molar-refractivity contribution >= 4 is 33.0 Å². The van der Waals surface area contributed by atoms with Gasteiger partial charge < -0.3 is 4.90 Å². The van der Waals surface area contributed by atoms with Crippen molar-refractivity contribution in [2.24, 2.45) is 5.92 Å². The SMILES string of the molecule is O=C(C1CC1)N1CCc2ccc(NS(=O)(=O)c3ccccc3[N+](=O)[O-])cc21. The number of amides is 1. The van der Waals surface area contributed by atoms with Gasteiger partial charge in [-0.15, -0.1) is 0 Å². The van der Waals surface area contributed by atoms with Crippen molar-refractivity contribution in [3.05, 3.63) is 58.1 Å². The zero-order valence-electron chi connectivity index (χ0n) is 14.3. The zero-order chi connectivity index (χ0) is 19.2. The minimum absolute atomic E-state index is 0.0725. The number of nitrogens with one attached hydrogen (secondary N) is 1. The first-order chi connectivity index (χ1) is 12.9. The first-order valence-corrected chi connectivity index (χ1v) is 10.1. The average Bonchev–Trinajstić information content (AvgIpc) is 3.41. The van der Waals surface area contributed by atoms with Crippen LogP contribution in [0.15, 0.2) is 47.4 Å². The van der Waals surface area contributed by atoms with Gasteiger partial charge in [0.2, 0.25) is 5.91 Å². The predicted octanol–water partition coefficient (Wildman–Crippen LogP) is 2.69. The summed E-state index contributed by atoms with van der Waals surface area (Å²) in [7, 11) is -4.14. The number of fused-ring (bicyclic) bond motifs is 1. The molecule has 0 bridgehead atoms. The number of hydrogen-bond acceptors (Lipinski definition) is 5. The predicted molar refractivity (Wildman–Crippen MR) is 99.1 cm³/mol. The first kappa shape index (κ1) is 17.5. The van der Waals surface area contributed by atoms with Gasteiger partial charge in [-0.3, -0.25) is 19.6 Å². The Balaban J connectivity index is 1.65. The first-order valence-electron chi connectivity index (χ1n) is 8.57. The monoisotopic (exact) mass is 387 g/mol. The highest BCUT2D eigenvalue weighted by Crippen LogP contribution is 2.38. The number of carbonyl (C=O) groups is 1. The van der Waals surface area contributed by atoms with Crippen LogP contribution in [-0.2, 0) is 21.2 Å². The molecule has 1 heterocycles. The van der Waals surface area contributed by atoms with Gasteiger partial charge >= 0.3 is 0 Å². The second-order valence-corrected chi connectivity index (χ2v) is 8.34. The lowest BCUT2D eigenvalue weighted by Gasteiger charge is -2.18. The van der Waals surface area contributed by atoms with E-state index < -0.39 is 25.5 Å². The second kappa shape index (κ2) is 6.34. The molecule has 0 saturated heterocycles. The third-order valence-electron chi connectivity index (χ3n) is 4.78. The van der Waals surface area contributed by atoms with Gasteiger partial charge in [-0.2, -0.15) is 0 Å². The highest BCUT2D eigenvalue weighted by Gasteiger charge is 2.36. The zero-order valence-corrected chi connectivity index (χ0v) is 15.1. The van der Waals surface area contributed by atoms with Crippen LogP contribution in [0.1, 0.15) is 18.4 Å². The Morgan fingerprint density at radius 2 is 1.93 bits per heavy atom. The van der Waals surface area contributed by atoms with Crippen molar-refractivity contribution in [1.29, 1.82) is 0 Å². The lowest BCUT2D eigenvalue weighted by atomic mass is 10.1. The molecule has 1 amide bonds. The summed E-state index contributed by atoms with van der Waals surface area (Å²) in [4.78, 5) is 24.1. The Bertz CT molecular complexity index is 1050. The molecule has 0 radical (unpaired) electrons. The average molecular weight is 387 g/mol. The van der Waals surface area contributed by atoms with Crippen molar-refractivity contribution in [3.8, 4) is 0 Å². The van der Waals surface area contributed by atoms with E-state index in [-0.39, 0.29) is 17.5 Å². The maximum atomic E-state index is 12.7. The highest BCUT2D eigenvalue weighted by molar-refractivity contribution is 7.92. The number of sulfonamides is 1. The van der Waals surface area contributed by atoms with Crippen LogP contribution in [0.2, 0.25) is 0 Å². The fourth-order valence-corrected chi connectivity index (χ4v) is 4.49. The third kappa shape index (κ3) is 3.25. The normalized spacial score (nSPS) is 16.1. The molecule has 1 aliphatic carbocycles. The summed E-state index contributed by atoms with van der Waals surface area (Å²) in [5.41, 5.74) is 1.46. The molecular weight excluding hydrogens is 370 g/mol. The number of rotatable bonds is 5. The van der Waals surface area contributed by atoms with Crippen LogP contribution in [0, 0.1) is 16.0 Å². The number of para-hydroxylation sites is 1. The largest absolute Gasteiger partial charge is 0.312 e. The summed E-state index contributed by atoms with van der Waals surface area (Å²) in [6.45, 7) is 0.588. The maximum absolute atomic E-state index is 12.7. The summed E-state index contributed by atoms with van der Waals surface area (Å²) in [6.07, 6.45) is 2.52. The number of hydrogen-bond donors (Lipinski definition) is 1. The quantitative estimate of drug-likeness (QED) is 0.626. The van der Waals surface area contributed by atoms with Crippen LogP contribution >= 0.6 is 0 Å². The van der Waals surface area contributed by atoms with Crippen molar-refractivity contribution in [1.82, 2.24) is 0 Å². The van der Waals surface area contributed by atoms with E-state index in [1.165, 1.54) is 18.2 Å². The number of nitro groups is 1. The van der Waals surface area contributed by atoms with E-state index in [4.69, 9.17) is 0 Å². The molecule has 4 rings (SSSR count). The van der Waals surface area contributed by atoms with Crippen molar-refractivity contribution in [3.63, 3.8) is 0 Å². The van der Waals surface area contributed by atoms with Gasteiger partial charge in [0.05, 0.1) is 10.6 Å². The molecule has 140 valence electrons. The van der Waals surface area contributed by atoms with E-state index in [1.807, 2.05) is 0 Å². The number of nitro benzene ring substituents is 1. The molecule has 1 saturated carbocycles. The van der Waals surface area contributed by atoms with Crippen molar-refractivity contribution < 1.29 is 18.1 Å². The Morgan fingerprint density at radius 1 is 1.19 bits per heavy atom. The van der Waals surface area contributed by atoms with Crippen LogP contribution in [-0.4, -0.2) is 25.8 Å². The molecule has 27 heavy (non-hydrogen) atoms. The van der Waals surface area contributed by atoms with Crippen molar-refractivity contribution in [2.45, 2.75) is 24.2 Å². The van der Waals surface area contributed by atoms with Gasteiger partial charge in [0.25, 0.3) is 15.7 Å². The highest BCUT2D eigenvalue weighted by atomic mass is 32.2. The van der Waals surface area contributed by atoms with E-state index in [2.05, 4.69) is 4.72 Å². The van der Waals surface area contributed by atoms with Crippen LogP contribution in [0.3, 0.4) is 0 Å². The van der Waals surface area contributed by atoms with Crippen LogP contribution < -0.4 is 9.62 Å². The Kier molecular flexibility index (Phi) is 4.11. The lowest BCUT2D eigenvalue weighted by molar-refractivity contribution is -0.387. The van der Waals surface area contributed by atoms with Crippen LogP contribution in [0.4, 0.5) is 17.1 Å². The van der Waals surface area contributed by atoms with Gasteiger partial charge in [-0.05, 0) is 43.0 Å². The summed E-state index contributed by atoms with van der Waals surface area (Å²) in [5.74, 6) is 0.149. The number of carbonyl (C=O) groups excluding carboxylic acids is 1. The van der Waals surface area contributed by atoms with Crippen molar-refractivity contribution in [2.75, 3.05) is 16.2 Å². The van der Waals surface area contributed by atoms with Gasteiger partial charge in [-0.25, -0.2) is 8.42 Å². The second-order valence-electron chi connectivity index (χ2n) is 6.69. The molecule has 0 unspecified atom stereocenters. The smallest absolute Gasteiger partial charge is 0.289 e. The Labute approximate surface area is 156 Å². The number of anilines is 2. The lowest BCUT2D eigenvalue weighted by Crippen LogP contribution is -2.30.